The highest BCUT2D eigenvalue weighted by molar-refractivity contribution is 4.79. The van der Waals surface area contributed by atoms with Crippen LogP contribution in [-0.4, -0.2) is 0 Å². The SMILES string of the molecule is CC/C=C/CCCC(C)C.CCC. The second kappa shape index (κ2) is 14.3. The van der Waals surface area contributed by atoms with Crippen molar-refractivity contribution in [2.75, 3.05) is 0 Å². The Morgan fingerprint density at radius 2 is 1.54 bits per heavy atom. The summed E-state index contributed by atoms with van der Waals surface area (Å²) in [5, 5.41) is 0. The number of unbranched alkanes of at least 4 members (excludes halogenated alkanes) is 1. The van der Waals surface area contributed by atoms with E-state index < -0.39 is 0 Å². The van der Waals surface area contributed by atoms with Crippen molar-refractivity contribution in [2.45, 2.75) is 66.7 Å². The van der Waals surface area contributed by atoms with Crippen molar-refractivity contribution in [3.8, 4) is 0 Å². The van der Waals surface area contributed by atoms with Crippen LogP contribution in [0.1, 0.15) is 66.7 Å². The molecule has 80 valence electrons. The monoisotopic (exact) mass is 184 g/mol. The Balaban J connectivity index is 0. The molecule has 0 atom stereocenters. The fraction of sp³-hybridized carbons (Fsp3) is 0.846. The van der Waals surface area contributed by atoms with Gasteiger partial charge in [0, 0.05) is 0 Å². The zero-order valence-electron chi connectivity index (χ0n) is 10.3. The van der Waals surface area contributed by atoms with Crippen LogP contribution in [0.2, 0.25) is 0 Å². The first-order valence-electron chi connectivity index (χ1n) is 5.83. The normalized spacial score (nSPS) is 10.3. The second-order valence-corrected chi connectivity index (χ2v) is 3.91. The zero-order chi connectivity index (χ0) is 10.5. The maximum absolute atomic E-state index is 2.29. The van der Waals surface area contributed by atoms with Gasteiger partial charge in [0.1, 0.15) is 0 Å². The summed E-state index contributed by atoms with van der Waals surface area (Å²) in [5.74, 6) is 0.870. The molecule has 13 heavy (non-hydrogen) atoms. The molecule has 0 heterocycles. The summed E-state index contributed by atoms with van der Waals surface area (Å²) in [6, 6.07) is 0. The van der Waals surface area contributed by atoms with Gasteiger partial charge in [-0.05, 0) is 25.2 Å². The Labute approximate surface area is 85.4 Å². The number of rotatable bonds is 5. The minimum atomic E-state index is 0.870. The number of hydrogen-bond acceptors (Lipinski definition) is 0. The molecule has 0 aliphatic heterocycles. The van der Waals surface area contributed by atoms with Gasteiger partial charge in [-0.25, -0.2) is 0 Å². The van der Waals surface area contributed by atoms with Gasteiger partial charge < -0.3 is 0 Å². The van der Waals surface area contributed by atoms with Gasteiger partial charge in [0.05, 0.1) is 0 Å². The molecule has 0 saturated heterocycles. The van der Waals surface area contributed by atoms with Crippen molar-refractivity contribution in [1.29, 1.82) is 0 Å². The molecule has 0 fully saturated rings. The molecule has 0 aromatic rings. The first-order chi connectivity index (χ1) is 6.18. The molecule has 0 saturated carbocycles. The van der Waals surface area contributed by atoms with Crippen molar-refractivity contribution < 1.29 is 0 Å². The van der Waals surface area contributed by atoms with E-state index in [9.17, 15) is 0 Å². The topological polar surface area (TPSA) is 0 Å². The minimum absolute atomic E-state index is 0.870. The summed E-state index contributed by atoms with van der Waals surface area (Å²) in [4.78, 5) is 0. The molecular formula is C13H28. The average Bonchev–Trinajstić information content (AvgIpc) is 2.05. The van der Waals surface area contributed by atoms with E-state index in [0.29, 0.717) is 0 Å². The first kappa shape index (κ1) is 15.2. The van der Waals surface area contributed by atoms with Gasteiger partial charge in [-0.2, -0.15) is 0 Å². The van der Waals surface area contributed by atoms with Gasteiger partial charge in [0.2, 0.25) is 0 Å². The summed E-state index contributed by atoms with van der Waals surface area (Å²) in [6.07, 6.45) is 11.0. The molecule has 0 unspecified atom stereocenters. The Morgan fingerprint density at radius 1 is 1.00 bits per heavy atom. The Kier molecular flexibility index (Phi) is 16.7. The van der Waals surface area contributed by atoms with Crippen LogP contribution >= 0.6 is 0 Å². The van der Waals surface area contributed by atoms with Crippen molar-refractivity contribution in [3.05, 3.63) is 12.2 Å². The lowest BCUT2D eigenvalue weighted by molar-refractivity contribution is 0.559. The predicted molar refractivity (Wildman–Crippen MR) is 64.1 cm³/mol. The van der Waals surface area contributed by atoms with Crippen molar-refractivity contribution in [3.63, 3.8) is 0 Å². The van der Waals surface area contributed by atoms with Crippen LogP contribution < -0.4 is 0 Å². The van der Waals surface area contributed by atoms with Crippen molar-refractivity contribution in [2.24, 2.45) is 5.92 Å². The van der Waals surface area contributed by atoms with Crippen LogP contribution in [0.5, 0.6) is 0 Å². The lowest BCUT2D eigenvalue weighted by atomic mass is 10.1. The molecule has 0 aromatic heterocycles. The Morgan fingerprint density at radius 3 is 1.92 bits per heavy atom. The fourth-order valence-corrected chi connectivity index (χ4v) is 0.928. The van der Waals surface area contributed by atoms with Crippen LogP contribution in [0.15, 0.2) is 12.2 Å². The molecule has 0 radical (unpaired) electrons. The van der Waals surface area contributed by atoms with Crippen LogP contribution in [-0.2, 0) is 0 Å². The van der Waals surface area contributed by atoms with E-state index >= 15 is 0 Å². The quantitative estimate of drug-likeness (QED) is 0.407. The van der Waals surface area contributed by atoms with Gasteiger partial charge in [-0.1, -0.05) is 59.6 Å². The molecule has 0 N–H and O–H groups in total. The number of allylic oxidation sites excluding steroid dienone is 2. The largest absolute Gasteiger partial charge is 0.0888 e. The maximum Gasteiger partial charge on any atom is -0.0351 e. The van der Waals surface area contributed by atoms with Crippen LogP contribution in [0, 0.1) is 5.92 Å². The average molecular weight is 184 g/mol. The molecule has 0 aliphatic rings. The molecule has 0 aromatic carbocycles. The fourth-order valence-electron chi connectivity index (χ4n) is 0.928. The van der Waals surface area contributed by atoms with E-state index in [1.165, 1.54) is 32.1 Å². The molecule has 0 spiro atoms. The highest BCUT2D eigenvalue weighted by Gasteiger charge is 1.90. The molecule has 0 nitrogen and oxygen atoms in total. The maximum atomic E-state index is 2.29. The van der Waals surface area contributed by atoms with Gasteiger partial charge in [-0.3, -0.25) is 0 Å². The molecule has 0 rings (SSSR count). The van der Waals surface area contributed by atoms with Crippen LogP contribution in [0.4, 0.5) is 0 Å². The lowest BCUT2D eigenvalue weighted by Gasteiger charge is -2.00. The van der Waals surface area contributed by atoms with Crippen LogP contribution in [0.25, 0.3) is 0 Å². The highest BCUT2D eigenvalue weighted by atomic mass is 14.0. The summed E-state index contributed by atoms with van der Waals surface area (Å²) >= 11 is 0. The van der Waals surface area contributed by atoms with Gasteiger partial charge >= 0.3 is 0 Å². The molecule has 0 amide bonds. The van der Waals surface area contributed by atoms with Gasteiger partial charge in [0.25, 0.3) is 0 Å². The number of hydrogen-bond donors (Lipinski definition) is 0. The third kappa shape index (κ3) is 24.5. The van der Waals surface area contributed by atoms with Crippen LogP contribution in [0.3, 0.4) is 0 Å². The molecule has 0 aliphatic carbocycles. The Bertz CT molecular complexity index is 90.2. The zero-order valence-corrected chi connectivity index (χ0v) is 10.3. The molecule has 0 heteroatoms. The van der Waals surface area contributed by atoms with Gasteiger partial charge in [0.15, 0.2) is 0 Å². The third-order valence-corrected chi connectivity index (χ3v) is 1.55. The first-order valence-corrected chi connectivity index (χ1v) is 5.83. The van der Waals surface area contributed by atoms with E-state index in [1.807, 2.05) is 0 Å². The molecular weight excluding hydrogens is 156 g/mol. The van der Waals surface area contributed by atoms with E-state index in [4.69, 9.17) is 0 Å². The standard InChI is InChI=1S/C10H20.C3H8/c1-4-5-6-7-8-9-10(2)3;1-3-2/h5-6,10H,4,7-9H2,1-3H3;3H2,1-2H3/b6-5+;. The summed E-state index contributed by atoms with van der Waals surface area (Å²) < 4.78 is 0. The second-order valence-electron chi connectivity index (χ2n) is 3.91. The predicted octanol–water partition coefficient (Wildman–Crippen LogP) is 5.20. The van der Waals surface area contributed by atoms with Crippen molar-refractivity contribution >= 4 is 0 Å². The summed E-state index contributed by atoms with van der Waals surface area (Å²) in [6.45, 7) is 11.0. The highest BCUT2D eigenvalue weighted by Crippen LogP contribution is 2.06. The van der Waals surface area contributed by atoms with Gasteiger partial charge in [-0.15, -0.1) is 0 Å². The van der Waals surface area contributed by atoms with E-state index in [0.717, 1.165) is 5.92 Å². The lowest BCUT2D eigenvalue weighted by Crippen LogP contribution is -1.84. The minimum Gasteiger partial charge on any atom is -0.0888 e. The van der Waals surface area contributed by atoms with E-state index in [1.54, 1.807) is 0 Å². The third-order valence-electron chi connectivity index (χ3n) is 1.55. The Hall–Kier alpha value is -0.260. The molecule has 0 bridgehead atoms. The van der Waals surface area contributed by atoms with E-state index in [2.05, 4.69) is 46.8 Å². The van der Waals surface area contributed by atoms with Crippen molar-refractivity contribution in [1.82, 2.24) is 0 Å². The van der Waals surface area contributed by atoms with E-state index in [-0.39, 0.29) is 0 Å². The summed E-state index contributed by atoms with van der Waals surface area (Å²) in [5.41, 5.74) is 0. The smallest absolute Gasteiger partial charge is 0.0351 e. The summed E-state index contributed by atoms with van der Waals surface area (Å²) in [7, 11) is 0.